The Balaban J connectivity index is 1.41. The molecule has 2 aromatic carbocycles. The Bertz CT molecular complexity index is 1150. The van der Waals surface area contributed by atoms with Crippen LogP contribution in [0.1, 0.15) is 16.3 Å². The fourth-order valence-electron chi connectivity index (χ4n) is 2.99. The van der Waals surface area contributed by atoms with E-state index in [1.807, 2.05) is 36.4 Å². The molecule has 2 heterocycles. The van der Waals surface area contributed by atoms with Crippen LogP contribution < -0.4 is 4.74 Å². The Morgan fingerprint density at radius 3 is 2.76 bits per heavy atom. The van der Waals surface area contributed by atoms with Crippen LogP contribution >= 0.6 is 11.6 Å². The van der Waals surface area contributed by atoms with E-state index in [1.165, 1.54) is 0 Å². The average molecular weight is 411 g/mol. The van der Waals surface area contributed by atoms with Crippen LogP contribution in [0.2, 0.25) is 5.02 Å². The van der Waals surface area contributed by atoms with Crippen LogP contribution in [0.25, 0.3) is 22.4 Å². The van der Waals surface area contributed by atoms with E-state index in [-0.39, 0.29) is 5.91 Å². The minimum absolute atomic E-state index is 0.110. The SMILES string of the molecule is COc1ccc2cc(C(=O)N(C)CCc3noc(-c4ccc(Cl)cc4)n3)[nH]c2c1. The second kappa shape index (κ2) is 7.97. The first kappa shape index (κ1) is 19.0. The number of amides is 1. The number of fused-ring (bicyclic) bond motifs is 1. The van der Waals surface area contributed by atoms with E-state index >= 15 is 0 Å². The molecule has 0 radical (unpaired) electrons. The number of hydrogen-bond donors (Lipinski definition) is 1. The summed E-state index contributed by atoms with van der Waals surface area (Å²) in [6, 6.07) is 14.7. The van der Waals surface area contributed by atoms with Gasteiger partial charge in [-0.1, -0.05) is 16.8 Å². The molecule has 2 aromatic heterocycles. The minimum Gasteiger partial charge on any atom is -0.497 e. The number of carbonyl (C=O) groups excluding carboxylic acids is 1. The highest BCUT2D eigenvalue weighted by Crippen LogP contribution is 2.22. The van der Waals surface area contributed by atoms with Gasteiger partial charge in [-0.25, -0.2) is 0 Å². The number of likely N-dealkylation sites (N-methyl/N-ethyl adjacent to an activating group) is 1. The Labute approximate surface area is 172 Å². The summed E-state index contributed by atoms with van der Waals surface area (Å²) in [5, 5.41) is 5.59. The summed E-state index contributed by atoms with van der Waals surface area (Å²) in [4.78, 5) is 21.9. The number of rotatable bonds is 6. The topological polar surface area (TPSA) is 84.2 Å². The van der Waals surface area contributed by atoms with Gasteiger partial charge in [0.1, 0.15) is 11.4 Å². The van der Waals surface area contributed by atoms with Crippen molar-refractivity contribution < 1.29 is 14.1 Å². The molecule has 0 aliphatic carbocycles. The molecule has 1 amide bonds. The lowest BCUT2D eigenvalue weighted by Gasteiger charge is -2.14. The molecule has 0 bridgehead atoms. The fraction of sp³-hybridized carbons (Fsp3) is 0.190. The van der Waals surface area contributed by atoms with E-state index < -0.39 is 0 Å². The van der Waals surface area contributed by atoms with Gasteiger partial charge in [-0.05, 0) is 42.5 Å². The molecule has 0 atom stereocenters. The third-order valence-corrected chi connectivity index (χ3v) is 4.89. The number of nitrogens with zero attached hydrogens (tertiary/aromatic N) is 3. The lowest BCUT2D eigenvalue weighted by molar-refractivity contribution is 0.0791. The lowest BCUT2D eigenvalue weighted by atomic mass is 10.2. The van der Waals surface area contributed by atoms with Crippen molar-refractivity contribution in [3.63, 3.8) is 0 Å². The van der Waals surface area contributed by atoms with Crippen molar-refractivity contribution in [1.82, 2.24) is 20.0 Å². The molecule has 0 aliphatic rings. The molecule has 7 nitrogen and oxygen atoms in total. The number of ether oxygens (including phenoxy) is 1. The number of halogens is 1. The molecule has 0 saturated carbocycles. The van der Waals surface area contributed by atoms with Crippen LogP contribution in [0.3, 0.4) is 0 Å². The average Bonchev–Trinajstić information content (AvgIpc) is 3.38. The van der Waals surface area contributed by atoms with Crippen molar-refractivity contribution in [2.45, 2.75) is 6.42 Å². The highest BCUT2D eigenvalue weighted by atomic mass is 35.5. The molecule has 29 heavy (non-hydrogen) atoms. The normalized spacial score (nSPS) is 11.0. The Morgan fingerprint density at radius 1 is 1.21 bits per heavy atom. The van der Waals surface area contributed by atoms with E-state index in [0.29, 0.717) is 35.4 Å². The monoisotopic (exact) mass is 410 g/mol. The molecule has 0 aliphatic heterocycles. The van der Waals surface area contributed by atoms with Crippen LogP contribution in [-0.2, 0) is 6.42 Å². The number of H-pyrrole nitrogens is 1. The van der Waals surface area contributed by atoms with Crippen molar-refractivity contribution in [1.29, 1.82) is 0 Å². The van der Waals surface area contributed by atoms with Crippen molar-refractivity contribution in [3.8, 4) is 17.2 Å². The second-order valence-corrected chi connectivity index (χ2v) is 7.07. The van der Waals surface area contributed by atoms with Gasteiger partial charge >= 0.3 is 0 Å². The zero-order valence-electron chi connectivity index (χ0n) is 16.0. The molecule has 0 fully saturated rings. The molecule has 4 rings (SSSR count). The number of aromatic amines is 1. The highest BCUT2D eigenvalue weighted by Gasteiger charge is 2.16. The van der Waals surface area contributed by atoms with Gasteiger partial charge in [0.2, 0.25) is 0 Å². The van der Waals surface area contributed by atoms with Crippen LogP contribution in [-0.4, -0.2) is 46.6 Å². The maximum atomic E-state index is 12.7. The largest absolute Gasteiger partial charge is 0.497 e. The molecule has 148 valence electrons. The summed E-state index contributed by atoms with van der Waals surface area (Å²) in [5.74, 6) is 1.59. The van der Waals surface area contributed by atoms with E-state index in [0.717, 1.165) is 22.2 Å². The molecular formula is C21H19ClN4O3. The molecule has 8 heteroatoms. The third-order valence-electron chi connectivity index (χ3n) is 4.64. The first-order valence-corrected chi connectivity index (χ1v) is 9.42. The maximum absolute atomic E-state index is 12.7. The van der Waals surface area contributed by atoms with E-state index in [2.05, 4.69) is 15.1 Å². The quantitative estimate of drug-likeness (QED) is 0.515. The second-order valence-electron chi connectivity index (χ2n) is 6.64. The summed E-state index contributed by atoms with van der Waals surface area (Å²) in [6.45, 7) is 0.455. The Hall–Kier alpha value is -3.32. The zero-order chi connectivity index (χ0) is 20.4. The predicted molar refractivity (Wildman–Crippen MR) is 110 cm³/mol. The lowest BCUT2D eigenvalue weighted by Crippen LogP contribution is -2.29. The van der Waals surface area contributed by atoms with Crippen LogP contribution in [0.15, 0.2) is 53.1 Å². The van der Waals surface area contributed by atoms with Gasteiger partial charge in [0, 0.05) is 47.6 Å². The summed E-state index contributed by atoms with van der Waals surface area (Å²) >= 11 is 5.90. The number of nitrogens with one attached hydrogen (secondary N) is 1. The molecule has 0 saturated heterocycles. The summed E-state index contributed by atoms with van der Waals surface area (Å²) < 4.78 is 10.5. The highest BCUT2D eigenvalue weighted by molar-refractivity contribution is 6.30. The standard InChI is InChI=1S/C21H19ClN4O3/c1-26(21(27)18-11-14-5-8-16(28-2)12-17(14)23-18)10-9-19-24-20(29-25-19)13-3-6-15(22)7-4-13/h3-8,11-12,23H,9-10H2,1-2H3. The molecule has 1 N–H and O–H groups in total. The number of hydrogen-bond acceptors (Lipinski definition) is 5. The number of carbonyl (C=O) groups is 1. The fourth-order valence-corrected chi connectivity index (χ4v) is 3.11. The zero-order valence-corrected chi connectivity index (χ0v) is 16.7. The van der Waals surface area contributed by atoms with Crippen LogP contribution in [0, 0.1) is 0 Å². The van der Waals surface area contributed by atoms with Gasteiger partial charge in [-0.2, -0.15) is 4.98 Å². The summed E-state index contributed by atoms with van der Waals surface area (Å²) in [5.41, 5.74) is 2.17. The molecular weight excluding hydrogens is 392 g/mol. The third kappa shape index (κ3) is 4.09. The first-order valence-electron chi connectivity index (χ1n) is 9.04. The smallest absolute Gasteiger partial charge is 0.270 e. The summed E-state index contributed by atoms with van der Waals surface area (Å²) in [7, 11) is 3.36. The Kier molecular flexibility index (Phi) is 5.22. The van der Waals surface area contributed by atoms with Gasteiger partial charge in [0.25, 0.3) is 11.8 Å². The number of aromatic nitrogens is 3. The van der Waals surface area contributed by atoms with Gasteiger partial charge in [0.15, 0.2) is 5.82 Å². The van der Waals surface area contributed by atoms with E-state index in [4.69, 9.17) is 20.9 Å². The van der Waals surface area contributed by atoms with Crippen LogP contribution in [0.5, 0.6) is 5.75 Å². The maximum Gasteiger partial charge on any atom is 0.270 e. The number of methoxy groups -OCH3 is 1. The van der Waals surface area contributed by atoms with Gasteiger partial charge in [-0.3, -0.25) is 4.79 Å². The van der Waals surface area contributed by atoms with Crippen molar-refractivity contribution in [2.75, 3.05) is 20.7 Å². The van der Waals surface area contributed by atoms with Gasteiger partial charge in [-0.15, -0.1) is 0 Å². The van der Waals surface area contributed by atoms with Crippen molar-refractivity contribution in [3.05, 3.63) is 65.1 Å². The van der Waals surface area contributed by atoms with Crippen LogP contribution in [0.4, 0.5) is 0 Å². The van der Waals surface area contributed by atoms with E-state index in [1.54, 1.807) is 31.2 Å². The first-order chi connectivity index (χ1) is 14.0. The molecule has 4 aromatic rings. The predicted octanol–water partition coefficient (Wildman–Crippen LogP) is 4.19. The molecule has 0 unspecified atom stereocenters. The van der Waals surface area contributed by atoms with Crippen molar-refractivity contribution in [2.24, 2.45) is 0 Å². The van der Waals surface area contributed by atoms with Crippen molar-refractivity contribution >= 4 is 28.4 Å². The summed E-state index contributed by atoms with van der Waals surface area (Å²) in [6.07, 6.45) is 0.480. The Morgan fingerprint density at radius 2 is 2.00 bits per heavy atom. The van der Waals surface area contributed by atoms with Gasteiger partial charge in [0.05, 0.1) is 7.11 Å². The number of benzene rings is 2. The minimum atomic E-state index is -0.110. The van der Waals surface area contributed by atoms with Gasteiger partial charge < -0.3 is 19.1 Å². The van der Waals surface area contributed by atoms with E-state index in [9.17, 15) is 4.79 Å². The molecule has 0 spiro atoms.